The number of rotatable bonds is 7. The van der Waals surface area contributed by atoms with E-state index in [1.165, 1.54) is 5.56 Å². The Kier molecular flexibility index (Phi) is 7.05. The van der Waals surface area contributed by atoms with Crippen LogP contribution in [0.5, 0.6) is 5.75 Å². The van der Waals surface area contributed by atoms with Crippen LogP contribution < -0.4 is 10.1 Å². The second-order valence-corrected chi connectivity index (χ2v) is 8.34. The molecule has 1 heterocycles. The summed E-state index contributed by atoms with van der Waals surface area (Å²) in [5.41, 5.74) is 1.97. The van der Waals surface area contributed by atoms with Gasteiger partial charge in [0.15, 0.2) is 6.61 Å². The molecule has 166 valence electrons. The van der Waals surface area contributed by atoms with Gasteiger partial charge in [0.1, 0.15) is 5.75 Å². The zero-order valence-corrected chi connectivity index (χ0v) is 18.5. The van der Waals surface area contributed by atoms with E-state index in [4.69, 9.17) is 4.74 Å². The molecule has 1 fully saturated rings. The number of hydrogen-bond acceptors (Lipinski definition) is 3. The molecule has 0 aromatic heterocycles. The molecule has 0 radical (unpaired) electrons. The average molecular weight is 431 g/mol. The van der Waals surface area contributed by atoms with Crippen LogP contribution in [0.3, 0.4) is 0 Å². The normalized spacial score (nSPS) is 14.3. The number of nitrogens with one attached hydrogen (secondary N) is 1. The number of carbonyl (C=O) groups is 2. The first-order valence-electron chi connectivity index (χ1n) is 11.4. The fraction of sp³-hybridized carbons (Fsp3) is 0.333. The molecule has 32 heavy (non-hydrogen) atoms. The van der Waals surface area contributed by atoms with E-state index in [1.807, 2.05) is 71.6 Å². The quantitative estimate of drug-likeness (QED) is 0.596. The average Bonchev–Trinajstić information content (AvgIpc) is 2.83. The van der Waals surface area contributed by atoms with Gasteiger partial charge in [-0.15, -0.1) is 0 Å². The lowest BCUT2D eigenvalue weighted by atomic mass is 10.0. The number of benzene rings is 3. The maximum Gasteiger partial charge on any atom is 0.260 e. The lowest BCUT2D eigenvalue weighted by Crippen LogP contribution is -2.47. The van der Waals surface area contributed by atoms with Gasteiger partial charge >= 0.3 is 0 Å². The Balaban J connectivity index is 1.25. The van der Waals surface area contributed by atoms with Crippen molar-refractivity contribution in [2.75, 3.05) is 19.7 Å². The second kappa shape index (κ2) is 10.3. The molecule has 5 nitrogen and oxygen atoms in total. The zero-order chi connectivity index (χ0) is 22.3. The van der Waals surface area contributed by atoms with Gasteiger partial charge in [0, 0.05) is 24.7 Å². The molecule has 0 unspecified atom stereocenters. The van der Waals surface area contributed by atoms with E-state index in [9.17, 15) is 9.59 Å². The number of hydrogen-bond donors (Lipinski definition) is 1. The highest BCUT2D eigenvalue weighted by Gasteiger charge is 2.24. The maximum atomic E-state index is 12.9. The molecule has 1 aliphatic heterocycles. The summed E-state index contributed by atoms with van der Waals surface area (Å²) < 4.78 is 5.68. The van der Waals surface area contributed by atoms with E-state index in [0.717, 1.165) is 42.2 Å². The van der Waals surface area contributed by atoms with Crippen LogP contribution >= 0.6 is 0 Å². The minimum absolute atomic E-state index is 0.0125. The van der Waals surface area contributed by atoms with Crippen molar-refractivity contribution in [3.63, 3.8) is 0 Å². The molecule has 2 amide bonds. The van der Waals surface area contributed by atoms with Crippen molar-refractivity contribution >= 4 is 22.6 Å². The topological polar surface area (TPSA) is 58.6 Å². The number of nitrogens with zero attached hydrogens (tertiary/aromatic N) is 1. The largest absolute Gasteiger partial charge is 0.484 e. The van der Waals surface area contributed by atoms with Crippen LogP contribution in [0.25, 0.3) is 10.8 Å². The first-order valence-corrected chi connectivity index (χ1v) is 11.4. The van der Waals surface area contributed by atoms with Gasteiger partial charge in [0.2, 0.25) is 0 Å². The van der Waals surface area contributed by atoms with Crippen molar-refractivity contribution in [3.05, 3.63) is 77.9 Å². The van der Waals surface area contributed by atoms with Gasteiger partial charge in [-0.1, -0.05) is 61.9 Å². The predicted octanol–water partition coefficient (Wildman–Crippen LogP) is 4.59. The Hall–Kier alpha value is -3.34. The van der Waals surface area contributed by atoms with Gasteiger partial charge in [-0.2, -0.15) is 0 Å². The smallest absolute Gasteiger partial charge is 0.260 e. The summed E-state index contributed by atoms with van der Waals surface area (Å²) in [6, 6.07) is 21.7. The van der Waals surface area contributed by atoms with Crippen LogP contribution in [0, 0.1) is 0 Å². The monoisotopic (exact) mass is 430 g/mol. The summed E-state index contributed by atoms with van der Waals surface area (Å²) in [7, 11) is 0. The van der Waals surface area contributed by atoms with Gasteiger partial charge < -0.3 is 15.0 Å². The van der Waals surface area contributed by atoms with Gasteiger partial charge in [-0.05, 0) is 53.8 Å². The van der Waals surface area contributed by atoms with E-state index in [-0.39, 0.29) is 24.5 Å². The lowest BCUT2D eigenvalue weighted by molar-refractivity contribution is -0.134. The Morgan fingerprint density at radius 1 is 0.969 bits per heavy atom. The molecule has 0 bridgehead atoms. The highest BCUT2D eigenvalue weighted by atomic mass is 16.5. The minimum Gasteiger partial charge on any atom is -0.484 e. The Bertz CT molecular complexity index is 1060. The Morgan fingerprint density at radius 2 is 1.69 bits per heavy atom. The third-order valence-corrected chi connectivity index (χ3v) is 6.04. The fourth-order valence-corrected chi connectivity index (χ4v) is 4.24. The van der Waals surface area contributed by atoms with Crippen molar-refractivity contribution in [1.82, 2.24) is 10.2 Å². The SMILES string of the molecule is CCCc1ccc(OCC(=O)N2CCC(NC(=O)c3cccc4ccccc34)CC2)cc1. The van der Waals surface area contributed by atoms with Crippen LogP contribution in [0.15, 0.2) is 66.7 Å². The molecular weight excluding hydrogens is 400 g/mol. The fourth-order valence-electron chi connectivity index (χ4n) is 4.24. The summed E-state index contributed by atoms with van der Waals surface area (Å²) in [6.45, 7) is 3.44. The molecule has 1 N–H and O–H groups in total. The predicted molar refractivity (Wildman–Crippen MR) is 127 cm³/mol. The van der Waals surface area contributed by atoms with Gasteiger partial charge in [-0.3, -0.25) is 9.59 Å². The van der Waals surface area contributed by atoms with Crippen LogP contribution in [0.4, 0.5) is 0 Å². The molecule has 1 aliphatic rings. The van der Waals surface area contributed by atoms with Gasteiger partial charge in [-0.25, -0.2) is 0 Å². The van der Waals surface area contributed by atoms with Crippen LogP contribution in [-0.4, -0.2) is 42.5 Å². The molecule has 5 heteroatoms. The first kappa shape index (κ1) is 21.9. The van der Waals surface area contributed by atoms with Crippen molar-refractivity contribution in [1.29, 1.82) is 0 Å². The Labute approximate surface area is 189 Å². The summed E-state index contributed by atoms with van der Waals surface area (Å²) in [6.07, 6.45) is 3.64. The number of likely N-dealkylation sites (tertiary alicyclic amines) is 1. The van der Waals surface area contributed by atoms with Crippen molar-refractivity contribution < 1.29 is 14.3 Å². The molecular formula is C27H30N2O3. The van der Waals surface area contributed by atoms with E-state index in [0.29, 0.717) is 18.7 Å². The summed E-state index contributed by atoms with van der Waals surface area (Å²) in [5, 5.41) is 5.17. The molecule has 0 saturated carbocycles. The van der Waals surface area contributed by atoms with E-state index in [2.05, 4.69) is 12.2 Å². The van der Waals surface area contributed by atoms with Crippen LogP contribution in [0.1, 0.15) is 42.1 Å². The number of aryl methyl sites for hydroxylation is 1. The standard InChI is InChI=1S/C27H30N2O3/c1-2-6-20-11-13-23(14-12-20)32-19-26(30)29-17-15-22(16-18-29)28-27(31)25-10-5-8-21-7-3-4-9-24(21)25/h3-5,7-14,22H,2,6,15-19H2,1H3,(H,28,31). The number of fused-ring (bicyclic) bond motifs is 1. The highest BCUT2D eigenvalue weighted by Crippen LogP contribution is 2.20. The molecule has 0 spiro atoms. The Morgan fingerprint density at radius 3 is 2.44 bits per heavy atom. The van der Waals surface area contributed by atoms with Gasteiger partial charge in [0.25, 0.3) is 11.8 Å². The van der Waals surface area contributed by atoms with Gasteiger partial charge in [0.05, 0.1) is 0 Å². The summed E-state index contributed by atoms with van der Waals surface area (Å²) in [5.74, 6) is 0.651. The molecule has 3 aromatic rings. The maximum absolute atomic E-state index is 12.9. The first-order chi connectivity index (χ1) is 15.6. The van der Waals surface area contributed by atoms with Crippen molar-refractivity contribution in [2.24, 2.45) is 0 Å². The van der Waals surface area contributed by atoms with E-state index < -0.39 is 0 Å². The van der Waals surface area contributed by atoms with Crippen molar-refractivity contribution in [2.45, 2.75) is 38.6 Å². The highest BCUT2D eigenvalue weighted by molar-refractivity contribution is 6.07. The molecule has 4 rings (SSSR count). The number of carbonyl (C=O) groups excluding carboxylic acids is 2. The number of amides is 2. The summed E-state index contributed by atoms with van der Waals surface area (Å²) >= 11 is 0. The minimum atomic E-state index is -0.0542. The zero-order valence-electron chi connectivity index (χ0n) is 18.5. The van der Waals surface area contributed by atoms with Crippen LogP contribution in [0.2, 0.25) is 0 Å². The lowest BCUT2D eigenvalue weighted by Gasteiger charge is -2.32. The van der Waals surface area contributed by atoms with E-state index in [1.54, 1.807) is 0 Å². The molecule has 0 atom stereocenters. The number of ether oxygens (including phenoxy) is 1. The third kappa shape index (κ3) is 5.28. The molecule has 3 aromatic carbocycles. The van der Waals surface area contributed by atoms with Crippen molar-refractivity contribution in [3.8, 4) is 5.75 Å². The van der Waals surface area contributed by atoms with E-state index >= 15 is 0 Å². The second-order valence-electron chi connectivity index (χ2n) is 8.34. The molecule has 0 aliphatic carbocycles. The molecule has 1 saturated heterocycles. The number of piperidine rings is 1. The summed E-state index contributed by atoms with van der Waals surface area (Å²) in [4.78, 5) is 27.2. The third-order valence-electron chi connectivity index (χ3n) is 6.04. The van der Waals surface area contributed by atoms with Crippen LogP contribution in [-0.2, 0) is 11.2 Å².